The minimum Gasteiger partial charge on any atom is -0.491 e. The Morgan fingerprint density at radius 3 is 2.74 bits per heavy atom. The summed E-state index contributed by atoms with van der Waals surface area (Å²) in [5, 5.41) is 0. The average Bonchev–Trinajstić information content (AvgIpc) is 3.22. The highest BCUT2D eigenvalue weighted by Gasteiger charge is 2.27. The second kappa shape index (κ2) is 5.95. The minimum atomic E-state index is 0.0187. The Labute approximate surface area is 114 Å². The van der Waals surface area contributed by atoms with Crippen molar-refractivity contribution >= 4 is 11.6 Å². The second-order valence-electron chi connectivity index (χ2n) is 4.94. The Morgan fingerprint density at radius 2 is 2.16 bits per heavy atom. The number of carbonyl (C=O) groups excluding carboxylic acids is 1. The van der Waals surface area contributed by atoms with Crippen LogP contribution in [0.25, 0.3) is 0 Å². The van der Waals surface area contributed by atoms with E-state index in [9.17, 15) is 4.79 Å². The summed E-state index contributed by atoms with van der Waals surface area (Å²) in [7, 11) is 0. The van der Waals surface area contributed by atoms with Crippen molar-refractivity contribution in [1.29, 1.82) is 0 Å². The zero-order chi connectivity index (χ0) is 13.8. The lowest BCUT2D eigenvalue weighted by Crippen LogP contribution is -2.33. The van der Waals surface area contributed by atoms with Crippen LogP contribution in [0.15, 0.2) is 18.2 Å². The Morgan fingerprint density at radius 1 is 1.42 bits per heavy atom. The third-order valence-corrected chi connectivity index (χ3v) is 3.41. The molecule has 19 heavy (non-hydrogen) atoms. The maximum Gasteiger partial charge on any atom is 0.257 e. The molecule has 0 spiro atoms. The largest absolute Gasteiger partial charge is 0.491 e. The fourth-order valence-electron chi connectivity index (χ4n) is 2.17. The van der Waals surface area contributed by atoms with Gasteiger partial charge in [-0.15, -0.1) is 0 Å². The molecule has 0 heterocycles. The zero-order valence-corrected chi connectivity index (χ0v) is 11.7. The number of para-hydroxylation sites is 1. The van der Waals surface area contributed by atoms with Gasteiger partial charge >= 0.3 is 0 Å². The van der Waals surface area contributed by atoms with E-state index in [2.05, 4.69) is 0 Å². The molecule has 0 aliphatic heterocycles. The Bertz CT molecular complexity index is 455. The van der Waals surface area contributed by atoms with E-state index in [1.165, 1.54) is 12.8 Å². The van der Waals surface area contributed by atoms with E-state index in [4.69, 9.17) is 10.5 Å². The van der Waals surface area contributed by atoms with Crippen LogP contribution < -0.4 is 10.5 Å². The standard InChI is InChI=1S/C15H22N2O2/c1-3-17(10-11-8-9-11)15(18)12-6-5-7-13(16)14(12)19-4-2/h5-7,11H,3-4,8-10,16H2,1-2H3. The summed E-state index contributed by atoms with van der Waals surface area (Å²) < 4.78 is 5.53. The van der Waals surface area contributed by atoms with Crippen molar-refractivity contribution < 1.29 is 9.53 Å². The number of carbonyl (C=O) groups is 1. The van der Waals surface area contributed by atoms with Gasteiger partial charge in [-0.25, -0.2) is 0 Å². The van der Waals surface area contributed by atoms with E-state index in [0.717, 1.165) is 13.1 Å². The van der Waals surface area contributed by atoms with Gasteiger partial charge in [-0.05, 0) is 44.7 Å². The Hall–Kier alpha value is -1.71. The number of amides is 1. The first-order valence-corrected chi connectivity index (χ1v) is 6.97. The molecule has 1 aromatic rings. The van der Waals surface area contributed by atoms with E-state index in [0.29, 0.717) is 29.5 Å². The van der Waals surface area contributed by atoms with E-state index < -0.39 is 0 Å². The molecular weight excluding hydrogens is 240 g/mol. The van der Waals surface area contributed by atoms with Gasteiger partial charge in [-0.2, -0.15) is 0 Å². The van der Waals surface area contributed by atoms with Crippen molar-refractivity contribution in [2.45, 2.75) is 26.7 Å². The van der Waals surface area contributed by atoms with Gasteiger partial charge < -0.3 is 15.4 Å². The van der Waals surface area contributed by atoms with Crippen molar-refractivity contribution in [2.75, 3.05) is 25.4 Å². The molecule has 1 aliphatic rings. The highest BCUT2D eigenvalue weighted by Crippen LogP contribution is 2.32. The summed E-state index contributed by atoms with van der Waals surface area (Å²) in [6.45, 7) is 5.96. The van der Waals surface area contributed by atoms with E-state index >= 15 is 0 Å². The SMILES string of the molecule is CCOc1c(N)cccc1C(=O)N(CC)CC1CC1. The van der Waals surface area contributed by atoms with Crippen LogP contribution in [0.4, 0.5) is 5.69 Å². The molecule has 1 aromatic carbocycles. The molecule has 1 saturated carbocycles. The monoisotopic (exact) mass is 262 g/mol. The maximum atomic E-state index is 12.6. The molecule has 2 N–H and O–H groups in total. The first-order chi connectivity index (χ1) is 9.17. The van der Waals surface area contributed by atoms with Crippen LogP contribution in [0.2, 0.25) is 0 Å². The lowest BCUT2D eigenvalue weighted by molar-refractivity contribution is 0.0753. The smallest absolute Gasteiger partial charge is 0.257 e. The summed E-state index contributed by atoms with van der Waals surface area (Å²) in [6, 6.07) is 5.36. The molecule has 4 heteroatoms. The fraction of sp³-hybridized carbons (Fsp3) is 0.533. The van der Waals surface area contributed by atoms with Gasteiger partial charge in [0.2, 0.25) is 0 Å². The number of benzene rings is 1. The van der Waals surface area contributed by atoms with Gasteiger partial charge in [0.05, 0.1) is 17.9 Å². The van der Waals surface area contributed by atoms with Crippen LogP contribution >= 0.6 is 0 Å². The normalized spacial score (nSPS) is 14.2. The molecule has 0 unspecified atom stereocenters. The molecule has 1 aliphatic carbocycles. The van der Waals surface area contributed by atoms with Gasteiger partial charge in [0.25, 0.3) is 5.91 Å². The number of hydrogen-bond acceptors (Lipinski definition) is 3. The van der Waals surface area contributed by atoms with Crippen molar-refractivity contribution in [3.8, 4) is 5.75 Å². The second-order valence-corrected chi connectivity index (χ2v) is 4.94. The quantitative estimate of drug-likeness (QED) is 0.801. The highest BCUT2D eigenvalue weighted by molar-refractivity contribution is 5.98. The number of rotatable bonds is 6. The molecule has 4 nitrogen and oxygen atoms in total. The van der Waals surface area contributed by atoms with Gasteiger partial charge in [0.1, 0.15) is 0 Å². The number of ether oxygens (including phenoxy) is 1. The minimum absolute atomic E-state index is 0.0187. The van der Waals surface area contributed by atoms with Crippen molar-refractivity contribution in [2.24, 2.45) is 5.92 Å². The van der Waals surface area contributed by atoms with Gasteiger partial charge in [-0.3, -0.25) is 4.79 Å². The van der Waals surface area contributed by atoms with E-state index in [1.54, 1.807) is 18.2 Å². The molecule has 0 bridgehead atoms. The predicted molar refractivity (Wildman–Crippen MR) is 76.3 cm³/mol. The van der Waals surface area contributed by atoms with Crippen LogP contribution in [-0.4, -0.2) is 30.5 Å². The average molecular weight is 262 g/mol. The van der Waals surface area contributed by atoms with Crippen molar-refractivity contribution in [3.05, 3.63) is 23.8 Å². The number of nitrogens with two attached hydrogens (primary N) is 1. The van der Waals surface area contributed by atoms with Gasteiger partial charge in [-0.1, -0.05) is 6.07 Å². The Balaban J connectivity index is 2.22. The topological polar surface area (TPSA) is 55.6 Å². The lowest BCUT2D eigenvalue weighted by Gasteiger charge is -2.22. The molecule has 0 radical (unpaired) electrons. The first kappa shape index (κ1) is 13.7. The van der Waals surface area contributed by atoms with Gasteiger partial charge in [0.15, 0.2) is 5.75 Å². The third-order valence-electron chi connectivity index (χ3n) is 3.41. The van der Waals surface area contributed by atoms with Crippen LogP contribution in [0.1, 0.15) is 37.0 Å². The summed E-state index contributed by atoms with van der Waals surface area (Å²) >= 11 is 0. The molecular formula is C15H22N2O2. The summed E-state index contributed by atoms with van der Waals surface area (Å²) in [6.07, 6.45) is 2.47. The molecule has 104 valence electrons. The van der Waals surface area contributed by atoms with Crippen LogP contribution in [0.3, 0.4) is 0 Å². The molecule has 0 saturated heterocycles. The highest BCUT2D eigenvalue weighted by atomic mass is 16.5. The van der Waals surface area contributed by atoms with Crippen LogP contribution in [0.5, 0.6) is 5.75 Å². The first-order valence-electron chi connectivity index (χ1n) is 6.97. The predicted octanol–water partition coefficient (Wildman–Crippen LogP) is 2.54. The third kappa shape index (κ3) is 3.19. The van der Waals surface area contributed by atoms with Gasteiger partial charge in [0, 0.05) is 13.1 Å². The number of nitrogens with zero attached hydrogens (tertiary/aromatic N) is 1. The number of hydrogen-bond donors (Lipinski definition) is 1. The zero-order valence-electron chi connectivity index (χ0n) is 11.7. The van der Waals surface area contributed by atoms with E-state index in [1.807, 2.05) is 18.7 Å². The number of nitrogen functional groups attached to an aromatic ring is 1. The molecule has 1 amide bonds. The fourth-order valence-corrected chi connectivity index (χ4v) is 2.17. The summed E-state index contributed by atoms with van der Waals surface area (Å²) in [4.78, 5) is 14.5. The maximum absolute atomic E-state index is 12.6. The molecule has 0 atom stereocenters. The summed E-state index contributed by atoms with van der Waals surface area (Å²) in [5.41, 5.74) is 7.00. The number of anilines is 1. The lowest BCUT2D eigenvalue weighted by atomic mass is 10.1. The molecule has 0 aromatic heterocycles. The van der Waals surface area contributed by atoms with E-state index in [-0.39, 0.29) is 5.91 Å². The molecule has 1 fully saturated rings. The summed E-state index contributed by atoms with van der Waals surface area (Å²) in [5.74, 6) is 1.22. The Kier molecular flexibility index (Phi) is 4.30. The molecule has 2 rings (SSSR count). The van der Waals surface area contributed by atoms with Crippen molar-refractivity contribution in [1.82, 2.24) is 4.90 Å². The van der Waals surface area contributed by atoms with Crippen molar-refractivity contribution in [3.63, 3.8) is 0 Å². The van der Waals surface area contributed by atoms with Crippen LogP contribution in [-0.2, 0) is 0 Å². The van der Waals surface area contributed by atoms with Crippen LogP contribution in [0, 0.1) is 5.92 Å².